The van der Waals surface area contributed by atoms with Crippen LogP contribution in [0.5, 0.6) is 0 Å². The molecule has 0 fully saturated rings. The standard InChI is InChI=1S/C9H11N3O2/c1-2-3-5-11-8-4-6-10-7-9(8)12(13)14/h2,4,6-7H,1,3,5H2,(H,10,11). The monoisotopic (exact) mass is 193 g/mol. The fraction of sp³-hybridized carbons (Fsp3) is 0.222. The number of pyridine rings is 1. The zero-order chi connectivity index (χ0) is 10.4. The molecular formula is C9H11N3O2. The lowest BCUT2D eigenvalue weighted by molar-refractivity contribution is -0.384. The fourth-order valence-corrected chi connectivity index (χ4v) is 0.990. The van der Waals surface area contributed by atoms with Crippen LogP contribution in [-0.4, -0.2) is 16.5 Å². The number of nitrogens with one attached hydrogen (secondary N) is 1. The van der Waals surface area contributed by atoms with Crippen molar-refractivity contribution in [2.75, 3.05) is 11.9 Å². The molecule has 1 aromatic rings. The molecule has 1 rings (SSSR count). The van der Waals surface area contributed by atoms with Crippen LogP contribution in [0.1, 0.15) is 6.42 Å². The molecule has 14 heavy (non-hydrogen) atoms. The van der Waals surface area contributed by atoms with E-state index in [-0.39, 0.29) is 5.69 Å². The predicted molar refractivity (Wildman–Crippen MR) is 54.2 cm³/mol. The Morgan fingerprint density at radius 1 is 1.71 bits per heavy atom. The van der Waals surface area contributed by atoms with Gasteiger partial charge < -0.3 is 5.32 Å². The van der Waals surface area contributed by atoms with E-state index in [1.54, 1.807) is 12.1 Å². The third-order valence-corrected chi connectivity index (χ3v) is 1.66. The number of aromatic nitrogens is 1. The summed E-state index contributed by atoms with van der Waals surface area (Å²) >= 11 is 0. The van der Waals surface area contributed by atoms with Crippen molar-refractivity contribution in [3.05, 3.63) is 41.2 Å². The molecule has 0 bridgehead atoms. The van der Waals surface area contributed by atoms with Gasteiger partial charge in [0.25, 0.3) is 0 Å². The Morgan fingerprint density at radius 2 is 2.50 bits per heavy atom. The van der Waals surface area contributed by atoms with Gasteiger partial charge in [0.15, 0.2) is 0 Å². The van der Waals surface area contributed by atoms with Crippen molar-refractivity contribution in [1.29, 1.82) is 0 Å². The molecule has 1 heterocycles. The van der Waals surface area contributed by atoms with Gasteiger partial charge in [-0.25, -0.2) is 0 Å². The van der Waals surface area contributed by atoms with E-state index in [1.165, 1.54) is 12.4 Å². The third-order valence-electron chi connectivity index (χ3n) is 1.66. The molecule has 0 atom stereocenters. The van der Waals surface area contributed by atoms with Crippen LogP contribution in [0.3, 0.4) is 0 Å². The number of nitrogens with zero attached hydrogens (tertiary/aromatic N) is 2. The molecule has 5 heteroatoms. The van der Waals surface area contributed by atoms with E-state index < -0.39 is 4.92 Å². The Labute approximate surface area is 81.6 Å². The highest BCUT2D eigenvalue weighted by molar-refractivity contribution is 5.59. The minimum atomic E-state index is -0.455. The highest BCUT2D eigenvalue weighted by Gasteiger charge is 2.11. The zero-order valence-electron chi connectivity index (χ0n) is 7.64. The summed E-state index contributed by atoms with van der Waals surface area (Å²) in [6.45, 7) is 4.20. The van der Waals surface area contributed by atoms with Crippen molar-refractivity contribution >= 4 is 11.4 Å². The minimum Gasteiger partial charge on any atom is -0.379 e. The first-order chi connectivity index (χ1) is 6.75. The van der Waals surface area contributed by atoms with Crippen LogP contribution in [0.4, 0.5) is 11.4 Å². The largest absolute Gasteiger partial charge is 0.379 e. The van der Waals surface area contributed by atoms with E-state index in [2.05, 4.69) is 16.9 Å². The van der Waals surface area contributed by atoms with Gasteiger partial charge in [-0.2, -0.15) is 0 Å². The van der Waals surface area contributed by atoms with E-state index >= 15 is 0 Å². The lowest BCUT2D eigenvalue weighted by atomic mass is 10.3. The zero-order valence-corrected chi connectivity index (χ0v) is 7.64. The maximum Gasteiger partial charge on any atom is 0.310 e. The number of rotatable bonds is 5. The quantitative estimate of drug-likeness (QED) is 0.336. The average molecular weight is 193 g/mol. The summed E-state index contributed by atoms with van der Waals surface area (Å²) in [5.41, 5.74) is 0.489. The van der Waals surface area contributed by atoms with Crippen molar-refractivity contribution in [2.45, 2.75) is 6.42 Å². The van der Waals surface area contributed by atoms with E-state index in [4.69, 9.17) is 0 Å². The molecule has 0 aromatic carbocycles. The molecule has 74 valence electrons. The minimum absolute atomic E-state index is 0.00318. The Balaban J connectivity index is 2.74. The topological polar surface area (TPSA) is 68.1 Å². The van der Waals surface area contributed by atoms with Crippen LogP contribution < -0.4 is 5.32 Å². The van der Waals surface area contributed by atoms with Crippen molar-refractivity contribution in [3.63, 3.8) is 0 Å². The van der Waals surface area contributed by atoms with Crippen molar-refractivity contribution < 1.29 is 4.92 Å². The first kappa shape index (κ1) is 10.2. The summed E-state index contributed by atoms with van der Waals surface area (Å²) in [4.78, 5) is 13.8. The highest BCUT2D eigenvalue weighted by Crippen LogP contribution is 2.21. The summed E-state index contributed by atoms with van der Waals surface area (Å²) in [5, 5.41) is 13.5. The van der Waals surface area contributed by atoms with E-state index in [9.17, 15) is 10.1 Å². The molecule has 0 unspecified atom stereocenters. The molecule has 5 nitrogen and oxygen atoms in total. The smallest absolute Gasteiger partial charge is 0.310 e. The SMILES string of the molecule is C=CCCNc1ccncc1[N+](=O)[O-]. The lowest BCUT2D eigenvalue weighted by Crippen LogP contribution is -2.03. The van der Waals surface area contributed by atoms with Gasteiger partial charge in [-0.3, -0.25) is 15.1 Å². The second-order valence-corrected chi connectivity index (χ2v) is 2.65. The second kappa shape index (κ2) is 4.96. The maximum absolute atomic E-state index is 10.6. The second-order valence-electron chi connectivity index (χ2n) is 2.65. The van der Waals surface area contributed by atoms with Gasteiger partial charge >= 0.3 is 5.69 Å². The van der Waals surface area contributed by atoms with Crippen molar-refractivity contribution in [1.82, 2.24) is 4.98 Å². The highest BCUT2D eigenvalue weighted by atomic mass is 16.6. The Morgan fingerprint density at radius 3 is 3.14 bits per heavy atom. The molecule has 0 aliphatic carbocycles. The van der Waals surface area contributed by atoms with Gasteiger partial charge in [0, 0.05) is 12.7 Å². The van der Waals surface area contributed by atoms with Crippen LogP contribution >= 0.6 is 0 Å². The molecule has 0 spiro atoms. The lowest BCUT2D eigenvalue weighted by Gasteiger charge is -2.03. The summed E-state index contributed by atoms with van der Waals surface area (Å²) in [7, 11) is 0. The summed E-state index contributed by atoms with van der Waals surface area (Å²) < 4.78 is 0. The molecule has 0 saturated heterocycles. The number of anilines is 1. The summed E-state index contributed by atoms with van der Waals surface area (Å²) in [5.74, 6) is 0. The van der Waals surface area contributed by atoms with E-state index in [0.717, 1.165) is 6.42 Å². The summed E-state index contributed by atoms with van der Waals surface area (Å²) in [6, 6.07) is 1.58. The van der Waals surface area contributed by atoms with Crippen LogP contribution in [0.15, 0.2) is 31.1 Å². The molecule has 0 aliphatic heterocycles. The molecule has 1 N–H and O–H groups in total. The van der Waals surface area contributed by atoms with Crippen LogP contribution in [0, 0.1) is 10.1 Å². The van der Waals surface area contributed by atoms with Gasteiger partial charge in [-0.05, 0) is 12.5 Å². The molecule has 0 radical (unpaired) electrons. The predicted octanol–water partition coefficient (Wildman–Crippen LogP) is 1.98. The maximum atomic E-state index is 10.6. The Bertz CT molecular complexity index is 339. The van der Waals surface area contributed by atoms with Crippen LogP contribution in [0.2, 0.25) is 0 Å². The van der Waals surface area contributed by atoms with E-state index in [0.29, 0.717) is 12.2 Å². The van der Waals surface area contributed by atoms with Crippen LogP contribution in [0.25, 0.3) is 0 Å². The Hall–Kier alpha value is -1.91. The van der Waals surface area contributed by atoms with Gasteiger partial charge in [-0.15, -0.1) is 6.58 Å². The Kier molecular flexibility index (Phi) is 3.60. The van der Waals surface area contributed by atoms with Gasteiger partial charge in [-0.1, -0.05) is 6.08 Å². The molecule has 0 amide bonds. The van der Waals surface area contributed by atoms with Crippen molar-refractivity contribution in [3.8, 4) is 0 Å². The van der Waals surface area contributed by atoms with E-state index in [1.807, 2.05) is 0 Å². The molecular weight excluding hydrogens is 182 g/mol. The fourth-order valence-electron chi connectivity index (χ4n) is 0.990. The molecule has 0 saturated carbocycles. The molecule has 0 aliphatic rings. The molecule has 1 aromatic heterocycles. The number of hydrogen-bond acceptors (Lipinski definition) is 4. The van der Waals surface area contributed by atoms with Crippen LogP contribution in [-0.2, 0) is 0 Å². The summed E-state index contributed by atoms with van der Waals surface area (Å²) in [6.07, 6.45) is 5.26. The first-order valence-electron chi connectivity index (χ1n) is 4.19. The number of hydrogen-bond donors (Lipinski definition) is 1. The van der Waals surface area contributed by atoms with Crippen molar-refractivity contribution in [2.24, 2.45) is 0 Å². The normalized spacial score (nSPS) is 9.43. The number of nitro groups is 1. The third kappa shape index (κ3) is 2.55. The van der Waals surface area contributed by atoms with Gasteiger partial charge in [0.2, 0.25) is 0 Å². The average Bonchev–Trinajstić information content (AvgIpc) is 2.19. The van der Waals surface area contributed by atoms with Gasteiger partial charge in [0.1, 0.15) is 11.9 Å². The first-order valence-corrected chi connectivity index (χ1v) is 4.19. The van der Waals surface area contributed by atoms with Gasteiger partial charge in [0.05, 0.1) is 4.92 Å².